The maximum absolute atomic E-state index is 9.36. The van der Waals surface area contributed by atoms with Crippen LogP contribution in [0.4, 0.5) is 0 Å². The van der Waals surface area contributed by atoms with Gasteiger partial charge in [-0.25, -0.2) is 0 Å². The molecule has 0 unspecified atom stereocenters. The molecule has 0 fully saturated rings. The smallest absolute Gasteiger partial charge is 0.212 e. The highest BCUT2D eigenvalue weighted by Crippen LogP contribution is 2.25. The van der Waals surface area contributed by atoms with E-state index in [1.54, 1.807) is 35.2 Å². The molecule has 1 N–H and O–H groups in total. The van der Waals surface area contributed by atoms with Crippen molar-refractivity contribution in [3.63, 3.8) is 0 Å². The maximum atomic E-state index is 9.36. The summed E-state index contributed by atoms with van der Waals surface area (Å²) in [5.41, 5.74) is 3.27. The number of rotatable bonds is 3. The molecular formula is C15H12N4OS2. The quantitative estimate of drug-likeness (QED) is 0.803. The molecule has 0 radical (unpaired) electrons. The molecule has 1 aromatic carbocycles. The fraction of sp³-hybridized carbons (Fsp3) is 0.133. The van der Waals surface area contributed by atoms with Crippen LogP contribution in [0.2, 0.25) is 0 Å². The lowest BCUT2D eigenvalue weighted by Gasteiger charge is -2.12. The first-order chi connectivity index (χ1) is 10.8. The molecule has 3 aromatic rings. The molecule has 0 amide bonds. The summed E-state index contributed by atoms with van der Waals surface area (Å²) in [5.74, 6) is 1.88. The lowest BCUT2D eigenvalue weighted by atomic mass is 10.1. The largest absolute Gasteiger partial charge is 0.508 e. The number of thiophene rings is 1. The predicted octanol–water partition coefficient (Wildman–Crippen LogP) is 2.99. The van der Waals surface area contributed by atoms with Crippen LogP contribution in [-0.4, -0.2) is 31.4 Å². The molecule has 0 atom stereocenters. The van der Waals surface area contributed by atoms with Crippen LogP contribution in [0.3, 0.4) is 0 Å². The number of thioether (sulfide) groups is 1. The van der Waals surface area contributed by atoms with Gasteiger partial charge in [0.1, 0.15) is 5.75 Å². The summed E-state index contributed by atoms with van der Waals surface area (Å²) in [6.45, 7) is 0. The molecular weight excluding hydrogens is 316 g/mol. The second-order valence-corrected chi connectivity index (χ2v) is 6.62. The molecule has 3 heterocycles. The Kier molecular flexibility index (Phi) is 3.44. The molecule has 0 spiro atoms. The van der Waals surface area contributed by atoms with E-state index in [1.807, 2.05) is 16.8 Å². The Morgan fingerprint density at radius 2 is 2.00 bits per heavy atom. The number of nitrogens with zero attached hydrogens (tertiary/aromatic N) is 4. The number of hydrogen-bond donors (Lipinski definition) is 1. The zero-order chi connectivity index (χ0) is 14.9. The lowest BCUT2D eigenvalue weighted by Crippen LogP contribution is -2.14. The van der Waals surface area contributed by atoms with E-state index >= 15 is 0 Å². The van der Waals surface area contributed by atoms with Gasteiger partial charge >= 0.3 is 0 Å². The molecule has 4 rings (SSSR count). The first-order valence-corrected chi connectivity index (χ1v) is 8.68. The third-order valence-corrected chi connectivity index (χ3v) is 5.00. The Morgan fingerprint density at radius 1 is 1.14 bits per heavy atom. The number of aromatic nitrogens is 3. The highest BCUT2D eigenvalue weighted by Gasteiger charge is 2.20. The molecule has 7 heteroatoms. The average molecular weight is 328 g/mol. The van der Waals surface area contributed by atoms with Gasteiger partial charge in [0.2, 0.25) is 5.16 Å². The van der Waals surface area contributed by atoms with Crippen molar-refractivity contribution in [3.05, 3.63) is 58.0 Å². The van der Waals surface area contributed by atoms with Crippen LogP contribution >= 0.6 is 23.1 Å². The van der Waals surface area contributed by atoms with Gasteiger partial charge in [0, 0.05) is 17.7 Å². The molecule has 5 nitrogen and oxygen atoms in total. The third-order valence-electron chi connectivity index (χ3n) is 3.39. The number of phenolic OH excluding ortho intramolecular Hbond substituents is 1. The fourth-order valence-corrected chi connectivity index (χ4v) is 3.77. The highest BCUT2D eigenvalue weighted by molar-refractivity contribution is 7.99. The van der Waals surface area contributed by atoms with Crippen LogP contribution in [0.15, 0.2) is 51.3 Å². The molecule has 1 aliphatic heterocycles. The molecule has 0 aliphatic carbocycles. The minimum absolute atomic E-state index is 0.264. The van der Waals surface area contributed by atoms with E-state index in [9.17, 15) is 5.11 Å². The molecule has 22 heavy (non-hydrogen) atoms. The van der Waals surface area contributed by atoms with E-state index in [0.29, 0.717) is 6.42 Å². The van der Waals surface area contributed by atoms with Crippen molar-refractivity contribution in [1.82, 2.24) is 14.9 Å². The van der Waals surface area contributed by atoms with Gasteiger partial charge in [-0.2, -0.15) is 21.1 Å². The minimum Gasteiger partial charge on any atom is -0.508 e. The molecule has 0 saturated carbocycles. The summed E-state index contributed by atoms with van der Waals surface area (Å²) in [7, 11) is 0. The Bertz CT molecular complexity index is 822. The highest BCUT2D eigenvalue weighted by atomic mass is 32.2. The second-order valence-electron chi connectivity index (χ2n) is 4.90. The van der Waals surface area contributed by atoms with E-state index < -0.39 is 0 Å². The maximum Gasteiger partial charge on any atom is 0.212 e. The number of aromatic hydroxyl groups is 1. The summed E-state index contributed by atoms with van der Waals surface area (Å²) < 4.78 is 1.83. The van der Waals surface area contributed by atoms with Crippen LogP contribution in [0.25, 0.3) is 0 Å². The van der Waals surface area contributed by atoms with Gasteiger partial charge in [0.05, 0.1) is 5.71 Å². The van der Waals surface area contributed by atoms with Crippen LogP contribution < -0.4 is 0 Å². The SMILES string of the molecule is Oc1ccc(Cc2nnc3n2N=C(c2ccsc2)CS3)cc1. The molecule has 1 aliphatic rings. The van der Waals surface area contributed by atoms with Crippen molar-refractivity contribution >= 4 is 28.8 Å². The van der Waals surface area contributed by atoms with Gasteiger partial charge in [-0.15, -0.1) is 10.2 Å². The van der Waals surface area contributed by atoms with E-state index in [4.69, 9.17) is 5.10 Å². The van der Waals surface area contributed by atoms with Crippen LogP contribution in [0.1, 0.15) is 17.0 Å². The van der Waals surface area contributed by atoms with Crippen molar-refractivity contribution in [2.24, 2.45) is 5.10 Å². The topological polar surface area (TPSA) is 63.3 Å². The Hall–Kier alpha value is -2.12. The Balaban J connectivity index is 1.67. The monoisotopic (exact) mass is 328 g/mol. The third kappa shape index (κ3) is 2.53. The minimum atomic E-state index is 0.264. The van der Waals surface area contributed by atoms with E-state index in [-0.39, 0.29) is 5.75 Å². The zero-order valence-corrected chi connectivity index (χ0v) is 13.1. The summed E-state index contributed by atoms with van der Waals surface area (Å²) in [4.78, 5) is 0. The van der Waals surface area contributed by atoms with E-state index in [2.05, 4.69) is 27.0 Å². The predicted molar refractivity (Wildman–Crippen MR) is 87.9 cm³/mol. The van der Waals surface area contributed by atoms with Gasteiger partial charge in [-0.05, 0) is 34.5 Å². The number of phenols is 1. The zero-order valence-electron chi connectivity index (χ0n) is 11.5. The first kappa shape index (κ1) is 13.5. The average Bonchev–Trinajstić information content (AvgIpc) is 3.19. The first-order valence-electron chi connectivity index (χ1n) is 6.75. The van der Waals surface area contributed by atoms with Gasteiger partial charge < -0.3 is 5.11 Å². The molecule has 0 bridgehead atoms. The standard InChI is InChI=1S/C15H12N4OS2/c20-12-3-1-10(2-4-12)7-14-16-17-15-19(14)18-13(9-22-15)11-5-6-21-8-11/h1-6,8,20H,7,9H2. The number of hydrogen-bond acceptors (Lipinski definition) is 6. The van der Waals surface area contributed by atoms with Crippen molar-refractivity contribution in [3.8, 4) is 5.75 Å². The normalized spacial score (nSPS) is 13.7. The van der Waals surface area contributed by atoms with E-state index in [0.717, 1.165) is 33.6 Å². The summed E-state index contributed by atoms with van der Waals surface area (Å²) >= 11 is 3.32. The summed E-state index contributed by atoms with van der Waals surface area (Å²) in [5, 5.41) is 27.5. The molecule has 110 valence electrons. The van der Waals surface area contributed by atoms with E-state index in [1.165, 1.54) is 0 Å². The van der Waals surface area contributed by atoms with Gasteiger partial charge in [0.25, 0.3) is 0 Å². The van der Waals surface area contributed by atoms with Crippen LogP contribution in [0.5, 0.6) is 5.75 Å². The Morgan fingerprint density at radius 3 is 2.77 bits per heavy atom. The Labute approximate surface area is 135 Å². The van der Waals surface area contributed by atoms with Crippen molar-refractivity contribution in [2.45, 2.75) is 11.6 Å². The summed E-state index contributed by atoms with van der Waals surface area (Å²) in [6, 6.07) is 9.21. The van der Waals surface area contributed by atoms with Gasteiger partial charge in [-0.1, -0.05) is 23.9 Å². The van der Waals surface area contributed by atoms with Crippen molar-refractivity contribution < 1.29 is 5.11 Å². The van der Waals surface area contributed by atoms with Crippen molar-refractivity contribution in [2.75, 3.05) is 5.75 Å². The number of fused-ring (bicyclic) bond motifs is 1. The summed E-state index contributed by atoms with van der Waals surface area (Å²) in [6.07, 6.45) is 0.633. The fourth-order valence-electron chi connectivity index (χ4n) is 2.24. The van der Waals surface area contributed by atoms with Gasteiger partial charge in [-0.3, -0.25) is 0 Å². The van der Waals surface area contributed by atoms with Crippen LogP contribution in [-0.2, 0) is 6.42 Å². The van der Waals surface area contributed by atoms with Crippen LogP contribution in [0, 0.1) is 0 Å². The van der Waals surface area contributed by atoms with Gasteiger partial charge in [0.15, 0.2) is 5.82 Å². The molecule has 0 saturated heterocycles. The van der Waals surface area contributed by atoms with Crippen molar-refractivity contribution in [1.29, 1.82) is 0 Å². The lowest BCUT2D eigenvalue weighted by molar-refractivity contribution is 0.475. The second kappa shape index (κ2) is 5.58. The molecule has 2 aromatic heterocycles. The number of benzene rings is 1.